The molecule has 0 saturated carbocycles. The number of carbonyl (C=O) groups is 3. The minimum Gasteiger partial charge on any atom is -0.481 e. The fourth-order valence-corrected chi connectivity index (χ4v) is 1.63. The Morgan fingerprint density at radius 3 is 1.77 bits per heavy atom. The fourth-order valence-electron chi connectivity index (χ4n) is 1.63. The predicted molar refractivity (Wildman–Crippen MR) is 104 cm³/mol. The summed E-state index contributed by atoms with van der Waals surface area (Å²) >= 11 is 0. The molecule has 26 heavy (non-hydrogen) atoms. The predicted octanol–water partition coefficient (Wildman–Crippen LogP) is 4.77. The van der Waals surface area contributed by atoms with Gasteiger partial charge in [0.1, 0.15) is 0 Å². The van der Waals surface area contributed by atoms with E-state index in [0.29, 0.717) is 5.41 Å². The van der Waals surface area contributed by atoms with Gasteiger partial charge in [-0.05, 0) is 25.2 Å². The zero-order valence-corrected chi connectivity index (χ0v) is 16.4. The standard InChI is InChI=1S/C12H22O2.2C4H6O2/c1-5-10(11(13)14)8-6-7-9-12(2,3)4;2*1-2-3-4(5)6/h5,10H,1,6-9H2,2-4H3,(H,13,14);2-3H,1H3,(H,5,6);2H,1,3H2,(H,5,6). The van der Waals surface area contributed by atoms with Gasteiger partial charge in [0.25, 0.3) is 0 Å². The Bertz CT molecular complexity index is 457. The molecule has 150 valence electrons. The van der Waals surface area contributed by atoms with Gasteiger partial charge in [0.2, 0.25) is 0 Å². The van der Waals surface area contributed by atoms with E-state index >= 15 is 0 Å². The van der Waals surface area contributed by atoms with E-state index in [-0.39, 0.29) is 12.3 Å². The molecule has 0 aromatic rings. The van der Waals surface area contributed by atoms with Crippen molar-refractivity contribution in [1.82, 2.24) is 0 Å². The molecular formula is C20H34O6. The minimum atomic E-state index is -0.891. The quantitative estimate of drug-likeness (QED) is 0.306. The van der Waals surface area contributed by atoms with Gasteiger partial charge >= 0.3 is 17.9 Å². The number of hydrogen-bond donors (Lipinski definition) is 3. The fraction of sp³-hybridized carbons (Fsp3) is 0.550. The van der Waals surface area contributed by atoms with E-state index in [1.54, 1.807) is 6.92 Å². The maximum atomic E-state index is 10.7. The summed E-state index contributed by atoms with van der Waals surface area (Å²) in [7, 11) is 0. The van der Waals surface area contributed by atoms with Crippen molar-refractivity contribution >= 4 is 17.9 Å². The molecule has 0 radical (unpaired) electrons. The molecule has 3 N–H and O–H groups in total. The van der Waals surface area contributed by atoms with Gasteiger partial charge in [-0.15, -0.1) is 13.2 Å². The topological polar surface area (TPSA) is 112 Å². The van der Waals surface area contributed by atoms with Gasteiger partial charge in [0.05, 0.1) is 12.3 Å². The smallest absolute Gasteiger partial charge is 0.327 e. The number of allylic oxidation sites excluding steroid dienone is 1. The molecule has 0 fully saturated rings. The first-order valence-corrected chi connectivity index (χ1v) is 8.44. The number of aliphatic carboxylic acids is 3. The lowest BCUT2D eigenvalue weighted by Gasteiger charge is -2.17. The van der Waals surface area contributed by atoms with Crippen LogP contribution in [0, 0.1) is 11.3 Å². The molecule has 0 aromatic heterocycles. The van der Waals surface area contributed by atoms with E-state index in [2.05, 4.69) is 33.9 Å². The summed E-state index contributed by atoms with van der Waals surface area (Å²) in [6, 6.07) is 0. The SMILES string of the molecule is C=CC(CCCCC(C)(C)C)C(=O)O.C=CCC(=O)O.CC=CC(=O)O. The molecule has 0 aliphatic heterocycles. The Hall–Kier alpha value is -2.37. The molecule has 0 aromatic carbocycles. The van der Waals surface area contributed by atoms with Crippen molar-refractivity contribution in [3.8, 4) is 0 Å². The van der Waals surface area contributed by atoms with Crippen LogP contribution in [0.4, 0.5) is 0 Å². The molecule has 6 heteroatoms. The van der Waals surface area contributed by atoms with Gasteiger partial charge in [0, 0.05) is 6.08 Å². The Morgan fingerprint density at radius 1 is 1.04 bits per heavy atom. The molecule has 0 amide bonds. The van der Waals surface area contributed by atoms with Crippen LogP contribution in [-0.2, 0) is 14.4 Å². The second-order valence-electron chi connectivity index (χ2n) is 6.71. The second kappa shape index (κ2) is 17.5. The highest BCUT2D eigenvalue weighted by molar-refractivity contribution is 5.79. The van der Waals surface area contributed by atoms with Crippen LogP contribution in [0.15, 0.2) is 37.5 Å². The van der Waals surface area contributed by atoms with Crippen LogP contribution in [0.3, 0.4) is 0 Å². The van der Waals surface area contributed by atoms with Crippen molar-refractivity contribution in [1.29, 1.82) is 0 Å². The Balaban J connectivity index is -0.000000364. The summed E-state index contributed by atoms with van der Waals surface area (Å²) in [5.41, 5.74) is 0.354. The summed E-state index contributed by atoms with van der Waals surface area (Å²) in [6.07, 6.45) is 9.43. The minimum absolute atomic E-state index is 0.0556. The van der Waals surface area contributed by atoms with E-state index in [1.807, 2.05) is 0 Å². The molecule has 1 atom stereocenters. The number of carboxylic acid groups (broad SMARTS) is 3. The maximum absolute atomic E-state index is 10.7. The average molecular weight is 370 g/mol. The molecule has 0 heterocycles. The van der Waals surface area contributed by atoms with Gasteiger partial charge < -0.3 is 15.3 Å². The number of carboxylic acids is 3. The third-order valence-electron chi connectivity index (χ3n) is 2.92. The van der Waals surface area contributed by atoms with Gasteiger partial charge in [0.15, 0.2) is 0 Å². The molecular weight excluding hydrogens is 336 g/mol. The summed E-state index contributed by atoms with van der Waals surface area (Å²) in [5.74, 6) is -2.84. The molecule has 1 unspecified atom stereocenters. The van der Waals surface area contributed by atoms with Crippen molar-refractivity contribution in [3.05, 3.63) is 37.5 Å². The van der Waals surface area contributed by atoms with Crippen molar-refractivity contribution in [2.45, 2.75) is 59.8 Å². The van der Waals surface area contributed by atoms with E-state index in [4.69, 9.17) is 15.3 Å². The monoisotopic (exact) mass is 370 g/mol. The summed E-state index contributed by atoms with van der Waals surface area (Å²) in [6.45, 7) is 15.0. The van der Waals surface area contributed by atoms with Gasteiger partial charge in [-0.25, -0.2) is 4.79 Å². The zero-order valence-electron chi connectivity index (χ0n) is 16.4. The third kappa shape index (κ3) is 29.6. The van der Waals surface area contributed by atoms with Crippen LogP contribution in [0.25, 0.3) is 0 Å². The first-order valence-electron chi connectivity index (χ1n) is 8.44. The molecule has 0 bridgehead atoms. The summed E-state index contributed by atoms with van der Waals surface area (Å²) in [4.78, 5) is 29.7. The molecule has 0 aliphatic rings. The number of unbranched alkanes of at least 4 members (excludes halogenated alkanes) is 1. The summed E-state index contributed by atoms with van der Waals surface area (Å²) in [5, 5.41) is 24.4. The normalized spacial score (nSPS) is 11.2. The molecule has 0 rings (SSSR count). The van der Waals surface area contributed by atoms with E-state index < -0.39 is 17.9 Å². The first kappa shape index (κ1) is 28.4. The van der Waals surface area contributed by atoms with Crippen LogP contribution in [-0.4, -0.2) is 33.2 Å². The van der Waals surface area contributed by atoms with Crippen LogP contribution in [0.1, 0.15) is 59.8 Å². The van der Waals surface area contributed by atoms with Crippen LogP contribution >= 0.6 is 0 Å². The molecule has 0 spiro atoms. The third-order valence-corrected chi connectivity index (χ3v) is 2.92. The largest absolute Gasteiger partial charge is 0.481 e. The van der Waals surface area contributed by atoms with Gasteiger partial charge in [-0.3, -0.25) is 9.59 Å². The Labute approximate surface area is 156 Å². The molecule has 6 nitrogen and oxygen atoms in total. The number of hydrogen-bond acceptors (Lipinski definition) is 3. The Morgan fingerprint density at radius 2 is 1.58 bits per heavy atom. The maximum Gasteiger partial charge on any atom is 0.327 e. The highest BCUT2D eigenvalue weighted by atomic mass is 16.4. The van der Waals surface area contributed by atoms with Crippen molar-refractivity contribution < 1.29 is 29.7 Å². The Kier molecular flexibility index (Phi) is 19.1. The van der Waals surface area contributed by atoms with E-state index in [9.17, 15) is 14.4 Å². The van der Waals surface area contributed by atoms with Gasteiger partial charge in [-0.1, -0.05) is 51.8 Å². The average Bonchev–Trinajstić information content (AvgIpc) is 2.46. The van der Waals surface area contributed by atoms with Gasteiger partial charge in [-0.2, -0.15) is 0 Å². The van der Waals surface area contributed by atoms with E-state index in [1.165, 1.54) is 18.2 Å². The van der Waals surface area contributed by atoms with Crippen molar-refractivity contribution in [3.63, 3.8) is 0 Å². The van der Waals surface area contributed by atoms with Crippen LogP contribution < -0.4 is 0 Å². The van der Waals surface area contributed by atoms with Crippen molar-refractivity contribution in [2.75, 3.05) is 0 Å². The summed E-state index contributed by atoms with van der Waals surface area (Å²) < 4.78 is 0. The lowest BCUT2D eigenvalue weighted by atomic mass is 9.88. The van der Waals surface area contributed by atoms with Crippen molar-refractivity contribution in [2.24, 2.45) is 11.3 Å². The zero-order chi connectivity index (χ0) is 21.2. The second-order valence-corrected chi connectivity index (χ2v) is 6.71. The highest BCUT2D eigenvalue weighted by Gasteiger charge is 2.14. The molecule has 0 aliphatic carbocycles. The lowest BCUT2D eigenvalue weighted by molar-refractivity contribution is -0.140. The number of rotatable bonds is 9. The van der Waals surface area contributed by atoms with Crippen LogP contribution in [0.5, 0.6) is 0 Å². The van der Waals surface area contributed by atoms with E-state index in [0.717, 1.165) is 31.8 Å². The lowest BCUT2D eigenvalue weighted by Crippen LogP contribution is -2.11. The highest BCUT2D eigenvalue weighted by Crippen LogP contribution is 2.23. The van der Waals surface area contributed by atoms with Crippen LogP contribution in [0.2, 0.25) is 0 Å². The molecule has 0 saturated heterocycles. The first-order chi connectivity index (χ1) is 11.9.